The Morgan fingerprint density at radius 2 is 1.35 bits per heavy atom. The minimum absolute atomic E-state index is 0.170. The summed E-state index contributed by atoms with van der Waals surface area (Å²) in [7, 11) is -0.745. The van der Waals surface area contributed by atoms with Crippen LogP contribution in [0.4, 0.5) is 14.5 Å². The maximum atomic E-state index is 15.9. The van der Waals surface area contributed by atoms with Crippen molar-refractivity contribution < 1.29 is 27.6 Å². The highest BCUT2D eigenvalue weighted by Gasteiger charge is 2.52. The van der Waals surface area contributed by atoms with Crippen molar-refractivity contribution in [3.05, 3.63) is 138 Å². The zero-order chi connectivity index (χ0) is 35.6. The van der Waals surface area contributed by atoms with Gasteiger partial charge in [-0.15, -0.1) is 0 Å². The van der Waals surface area contributed by atoms with Crippen molar-refractivity contribution in [1.29, 1.82) is 0 Å². The van der Waals surface area contributed by atoms with Crippen molar-refractivity contribution in [2.75, 3.05) is 18.0 Å². The van der Waals surface area contributed by atoms with E-state index in [2.05, 4.69) is 9.88 Å². The predicted molar refractivity (Wildman–Crippen MR) is 197 cm³/mol. The van der Waals surface area contributed by atoms with Gasteiger partial charge in [0.25, 0.3) is 0 Å². The Kier molecular flexibility index (Phi) is 9.86. The second-order valence-corrected chi connectivity index (χ2v) is 14.3. The summed E-state index contributed by atoms with van der Waals surface area (Å²) >= 11 is 0. The third-order valence-electron chi connectivity index (χ3n) is 10.4. The lowest BCUT2D eigenvalue weighted by Gasteiger charge is -2.34. The first-order valence-corrected chi connectivity index (χ1v) is 17.6. The van der Waals surface area contributed by atoms with E-state index in [1.165, 1.54) is 0 Å². The number of benzene rings is 4. The van der Waals surface area contributed by atoms with Gasteiger partial charge in [-0.05, 0) is 93.0 Å². The molecule has 0 atom stereocenters. The highest BCUT2D eigenvalue weighted by atomic mass is 19.1. The summed E-state index contributed by atoms with van der Waals surface area (Å²) < 4.78 is 55.6. The van der Waals surface area contributed by atoms with E-state index >= 15 is 8.78 Å². The highest BCUT2D eigenvalue weighted by molar-refractivity contribution is 6.62. The molecule has 0 amide bonds. The number of halogens is 2. The van der Waals surface area contributed by atoms with Gasteiger partial charge in [0.15, 0.2) is 0 Å². The maximum Gasteiger partial charge on any atom is 0.497 e. The normalized spacial score (nSPS) is 17.1. The van der Waals surface area contributed by atoms with E-state index in [1.54, 1.807) is 24.3 Å². The molecule has 0 radical (unpaired) electrons. The van der Waals surface area contributed by atoms with Gasteiger partial charge in [-0.3, -0.25) is 0 Å². The molecule has 0 aliphatic carbocycles. The zero-order valence-electron chi connectivity index (χ0n) is 29.6. The Labute approximate surface area is 299 Å². The number of hydrogen-bond donors (Lipinski definition) is 0. The minimum Gasteiger partial charge on any atom is -0.473 e. The van der Waals surface area contributed by atoms with Gasteiger partial charge in [-0.1, -0.05) is 78.9 Å². The van der Waals surface area contributed by atoms with Crippen LogP contribution in [0.5, 0.6) is 11.8 Å². The lowest BCUT2D eigenvalue weighted by atomic mass is 9.77. The molecule has 262 valence electrons. The van der Waals surface area contributed by atoms with Gasteiger partial charge in [0.1, 0.15) is 24.8 Å². The Hall–Kier alpha value is -4.73. The lowest BCUT2D eigenvalue weighted by molar-refractivity contribution is 0.00578. The molecular weight excluding hydrogens is 645 g/mol. The van der Waals surface area contributed by atoms with Crippen LogP contribution in [0.25, 0.3) is 11.1 Å². The van der Waals surface area contributed by atoms with Crippen LogP contribution in [0.15, 0.2) is 109 Å². The van der Waals surface area contributed by atoms with Crippen LogP contribution >= 0.6 is 0 Å². The van der Waals surface area contributed by atoms with Gasteiger partial charge < -0.3 is 23.7 Å². The summed E-state index contributed by atoms with van der Waals surface area (Å²) in [5.74, 6) is 0.320. The summed E-state index contributed by atoms with van der Waals surface area (Å²) in [5, 5.41) is 0. The molecule has 7 rings (SSSR count). The molecule has 2 fully saturated rings. The van der Waals surface area contributed by atoms with Gasteiger partial charge >= 0.3 is 7.12 Å². The lowest BCUT2D eigenvalue weighted by Crippen LogP contribution is -2.41. The average molecular weight is 689 g/mol. The second kappa shape index (κ2) is 14.5. The zero-order valence-corrected chi connectivity index (χ0v) is 29.6. The number of aromatic nitrogens is 1. The first-order valence-electron chi connectivity index (χ1n) is 17.6. The van der Waals surface area contributed by atoms with E-state index in [1.807, 2.05) is 113 Å². The monoisotopic (exact) mass is 688 g/mol. The van der Waals surface area contributed by atoms with E-state index in [9.17, 15) is 0 Å². The molecule has 5 aromatic rings. The van der Waals surface area contributed by atoms with E-state index < -0.39 is 18.3 Å². The van der Waals surface area contributed by atoms with Crippen LogP contribution in [-0.2, 0) is 22.5 Å². The quantitative estimate of drug-likeness (QED) is 0.137. The van der Waals surface area contributed by atoms with E-state index in [-0.39, 0.29) is 17.6 Å². The number of hydrogen-bond acceptors (Lipinski definition) is 6. The number of ether oxygens (including phenoxy) is 2. The summed E-state index contributed by atoms with van der Waals surface area (Å²) in [6.45, 7) is 9.82. The average Bonchev–Trinajstić information content (AvgIpc) is 3.36. The van der Waals surface area contributed by atoms with Crippen LogP contribution in [0.1, 0.15) is 63.1 Å². The van der Waals surface area contributed by atoms with Gasteiger partial charge in [0.2, 0.25) is 11.8 Å². The second-order valence-electron chi connectivity index (χ2n) is 14.3. The van der Waals surface area contributed by atoms with Crippen molar-refractivity contribution in [2.24, 2.45) is 0 Å². The Balaban J connectivity index is 1.03. The summed E-state index contributed by atoms with van der Waals surface area (Å²) in [6, 6.07) is 34.0. The standard InChI is InChI=1S/C42H43BF2N2O4/c1-41(2)42(3,4)51-43(50-41)35-18-15-32(25-36(35)44)31-21-23-47(24-22-31)38-19-16-33(26-37(38)45)34-17-20-39(48-27-29-11-7-5-8-12-29)46-40(34)49-28-30-13-9-6-10-14-30/h5-20,25-26,31H,21-24,27-28H2,1-4H3. The van der Waals surface area contributed by atoms with E-state index in [0.29, 0.717) is 60.3 Å². The number of anilines is 1. The SMILES string of the molecule is CC1(C)OB(c2ccc(C3CCN(c4ccc(-c5ccc(OCc6ccccc6)nc5OCc5ccccc5)cc4F)CC3)cc2F)OC1(C)C. The van der Waals surface area contributed by atoms with Gasteiger partial charge in [-0.25, -0.2) is 8.78 Å². The Bertz CT molecular complexity index is 1950. The molecule has 51 heavy (non-hydrogen) atoms. The molecule has 3 heterocycles. The molecule has 0 N–H and O–H groups in total. The van der Waals surface area contributed by atoms with Crippen molar-refractivity contribution in [2.45, 2.75) is 70.9 Å². The minimum atomic E-state index is -0.745. The Morgan fingerprint density at radius 3 is 1.96 bits per heavy atom. The van der Waals surface area contributed by atoms with Crippen LogP contribution in [0, 0.1) is 11.6 Å². The van der Waals surface area contributed by atoms with Crippen molar-refractivity contribution >= 4 is 18.3 Å². The van der Waals surface area contributed by atoms with Crippen molar-refractivity contribution in [3.63, 3.8) is 0 Å². The molecule has 2 aliphatic heterocycles. The topological polar surface area (TPSA) is 53.1 Å². The summed E-state index contributed by atoms with van der Waals surface area (Å²) in [5.41, 5.74) is 4.17. The smallest absolute Gasteiger partial charge is 0.473 e. The van der Waals surface area contributed by atoms with Gasteiger partial charge in [0, 0.05) is 30.2 Å². The number of rotatable bonds is 10. The highest BCUT2D eigenvalue weighted by Crippen LogP contribution is 2.38. The van der Waals surface area contributed by atoms with Crippen molar-refractivity contribution in [3.8, 4) is 22.9 Å². The van der Waals surface area contributed by atoms with Crippen LogP contribution in [-0.4, -0.2) is 36.4 Å². The molecule has 0 saturated carbocycles. The first-order chi connectivity index (χ1) is 24.6. The molecule has 0 unspecified atom stereocenters. The fourth-order valence-corrected chi connectivity index (χ4v) is 6.63. The molecule has 4 aromatic carbocycles. The number of piperidine rings is 1. The number of pyridine rings is 1. The van der Waals surface area contributed by atoms with Crippen molar-refractivity contribution in [1.82, 2.24) is 4.98 Å². The number of nitrogens with zero attached hydrogens (tertiary/aromatic N) is 2. The van der Waals surface area contributed by atoms with Gasteiger partial charge in [0.05, 0.1) is 16.9 Å². The van der Waals surface area contributed by atoms with Gasteiger partial charge in [-0.2, -0.15) is 4.98 Å². The first kappa shape index (κ1) is 34.7. The molecule has 6 nitrogen and oxygen atoms in total. The fraction of sp³-hybridized carbons (Fsp3) is 0.310. The summed E-state index contributed by atoms with van der Waals surface area (Å²) in [6.07, 6.45) is 1.56. The maximum absolute atomic E-state index is 15.9. The fourth-order valence-electron chi connectivity index (χ4n) is 6.63. The molecule has 2 saturated heterocycles. The Morgan fingerprint density at radius 1 is 0.725 bits per heavy atom. The van der Waals surface area contributed by atoms with Crippen LogP contribution in [0.3, 0.4) is 0 Å². The molecular formula is C42H43BF2N2O4. The molecule has 2 aliphatic rings. The molecule has 9 heteroatoms. The molecule has 0 bridgehead atoms. The summed E-state index contributed by atoms with van der Waals surface area (Å²) in [4.78, 5) is 6.75. The van der Waals surface area contributed by atoms with E-state index in [4.69, 9.17) is 18.8 Å². The predicted octanol–water partition coefficient (Wildman–Crippen LogP) is 8.87. The molecule has 0 spiro atoms. The van der Waals surface area contributed by atoms with Crippen LogP contribution in [0.2, 0.25) is 0 Å². The third-order valence-corrected chi connectivity index (χ3v) is 10.4. The third kappa shape index (κ3) is 7.65. The largest absolute Gasteiger partial charge is 0.497 e. The van der Waals surface area contributed by atoms with Crippen LogP contribution < -0.4 is 19.8 Å². The van der Waals surface area contributed by atoms with E-state index in [0.717, 1.165) is 29.5 Å². The molecule has 1 aromatic heterocycles.